The van der Waals surface area contributed by atoms with Gasteiger partial charge >= 0.3 is 0 Å². The highest BCUT2D eigenvalue weighted by Crippen LogP contribution is 2.24. The van der Waals surface area contributed by atoms with E-state index in [0.29, 0.717) is 18.0 Å². The van der Waals surface area contributed by atoms with Crippen molar-refractivity contribution in [2.45, 2.75) is 52.1 Å². The van der Waals surface area contributed by atoms with Crippen LogP contribution in [0, 0.1) is 0 Å². The largest absolute Gasteiger partial charge is 0.494 e. The molecule has 0 aliphatic rings. The van der Waals surface area contributed by atoms with E-state index in [0.717, 1.165) is 35.5 Å². The van der Waals surface area contributed by atoms with E-state index in [4.69, 9.17) is 9.47 Å². The number of unbranched alkanes of at least 4 members (excludes halogenated alkanes) is 3. The van der Waals surface area contributed by atoms with Crippen LogP contribution in [0.25, 0.3) is 22.5 Å². The fourth-order valence-electron chi connectivity index (χ4n) is 3.09. The van der Waals surface area contributed by atoms with Gasteiger partial charge in [0.05, 0.1) is 6.61 Å². The van der Waals surface area contributed by atoms with Crippen LogP contribution >= 0.6 is 0 Å². The van der Waals surface area contributed by atoms with E-state index in [2.05, 4.69) is 16.9 Å². The standard InChI is InChI=1S/C26H31FN2O2/c1-3-5-6-7-16-30-24-14-10-21(11-15-24)26-28-17-22(18-29-26)20-8-12-25(13-9-20)31-19-23(27)4-2/h8-15,17-18,23H,3-7,16,19H2,1-2H3. The first kappa shape index (κ1) is 22.7. The fourth-order valence-corrected chi connectivity index (χ4v) is 3.09. The highest BCUT2D eigenvalue weighted by atomic mass is 19.1. The fraction of sp³-hybridized carbons (Fsp3) is 0.385. The zero-order valence-electron chi connectivity index (χ0n) is 18.4. The van der Waals surface area contributed by atoms with Gasteiger partial charge in [0.15, 0.2) is 5.82 Å². The molecule has 0 fully saturated rings. The van der Waals surface area contributed by atoms with Gasteiger partial charge in [0.1, 0.15) is 24.3 Å². The maximum atomic E-state index is 13.3. The van der Waals surface area contributed by atoms with E-state index >= 15 is 0 Å². The third kappa shape index (κ3) is 7.06. The summed E-state index contributed by atoms with van der Waals surface area (Å²) in [7, 11) is 0. The molecule has 3 aromatic rings. The molecule has 0 amide bonds. The van der Waals surface area contributed by atoms with Crippen molar-refractivity contribution in [3.63, 3.8) is 0 Å². The minimum absolute atomic E-state index is 0.0797. The second-order valence-corrected chi connectivity index (χ2v) is 7.57. The summed E-state index contributed by atoms with van der Waals surface area (Å²) in [5, 5.41) is 0. The van der Waals surface area contributed by atoms with Gasteiger partial charge in [0.25, 0.3) is 0 Å². The van der Waals surface area contributed by atoms with Crippen molar-refractivity contribution in [1.82, 2.24) is 9.97 Å². The Bertz CT molecular complexity index is 896. The maximum absolute atomic E-state index is 13.3. The minimum Gasteiger partial charge on any atom is -0.494 e. The number of benzene rings is 2. The lowest BCUT2D eigenvalue weighted by molar-refractivity contribution is 0.192. The van der Waals surface area contributed by atoms with E-state index in [-0.39, 0.29) is 6.61 Å². The van der Waals surface area contributed by atoms with Crippen molar-refractivity contribution < 1.29 is 13.9 Å². The van der Waals surface area contributed by atoms with Crippen molar-refractivity contribution in [3.05, 3.63) is 60.9 Å². The summed E-state index contributed by atoms with van der Waals surface area (Å²) in [6.07, 6.45) is 7.92. The Morgan fingerprint density at radius 1 is 0.742 bits per heavy atom. The Kier molecular flexibility index (Phi) is 8.83. The molecule has 0 N–H and O–H groups in total. The molecule has 3 rings (SSSR count). The molecule has 5 heteroatoms. The third-order valence-electron chi connectivity index (χ3n) is 5.09. The quantitative estimate of drug-likeness (QED) is 0.298. The van der Waals surface area contributed by atoms with Crippen LogP contribution in [0.4, 0.5) is 4.39 Å². The molecule has 0 bridgehead atoms. The molecule has 0 radical (unpaired) electrons. The normalized spacial score (nSPS) is 11.8. The Morgan fingerprint density at radius 3 is 1.97 bits per heavy atom. The number of halogens is 1. The summed E-state index contributed by atoms with van der Waals surface area (Å²) in [6, 6.07) is 15.4. The van der Waals surface area contributed by atoms with Gasteiger partial charge in [-0.2, -0.15) is 0 Å². The van der Waals surface area contributed by atoms with Crippen molar-refractivity contribution in [2.75, 3.05) is 13.2 Å². The predicted octanol–water partition coefficient (Wildman–Crippen LogP) is 6.90. The number of hydrogen-bond acceptors (Lipinski definition) is 4. The summed E-state index contributed by atoms with van der Waals surface area (Å²) < 4.78 is 24.6. The molecule has 1 unspecified atom stereocenters. The van der Waals surface area contributed by atoms with Crippen LogP contribution in [0.15, 0.2) is 60.9 Å². The highest BCUT2D eigenvalue weighted by molar-refractivity contribution is 5.64. The minimum atomic E-state index is -0.938. The molecule has 2 aromatic carbocycles. The summed E-state index contributed by atoms with van der Waals surface area (Å²) in [6.45, 7) is 4.84. The number of ether oxygens (including phenoxy) is 2. The van der Waals surface area contributed by atoms with E-state index in [9.17, 15) is 4.39 Å². The molecule has 31 heavy (non-hydrogen) atoms. The second kappa shape index (κ2) is 12.0. The molecule has 1 atom stereocenters. The SMILES string of the molecule is CCCCCCOc1ccc(-c2ncc(-c3ccc(OCC(F)CC)cc3)cn2)cc1. The summed E-state index contributed by atoms with van der Waals surface area (Å²) in [4.78, 5) is 9.02. The van der Waals surface area contributed by atoms with Crippen molar-refractivity contribution in [2.24, 2.45) is 0 Å². The number of hydrogen-bond donors (Lipinski definition) is 0. The van der Waals surface area contributed by atoms with Crippen molar-refractivity contribution >= 4 is 0 Å². The molecule has 0 saturated carbocycles. The average molecular weight is 423 g/mol. The first-order valence-corrected chi connectivity index (χ1v) is 11.1. The van der Waals surface area contributed by atoms with E-state index in [1.807, 2.05) is 60.9 Å². The molecule has 0 spiro atoms. The molecule has 0 aliphatic heterocycles. The van der Waals surface area contributed by atoms with Crippen LogP contribution in [0.3, 0.4) is 0 Å². The number of rotatable bonds is 12. The van der Waals surface area contributed by atoms with E-state index in [1.165, 1.54) is 19.3 Å². The summed E-state index contributed by atoms with van der Waals surface area (Å²) >= 11 is 0. The van der Waals surface area contributed by atoms with Crippen LogP contribution in [-0.4, -0.2) is 29.4 Å². The Balaban J connectivity index is 1.56. The van der Waals surface area contributed by atoms with Crippen molar-refractivity contribution in [1.29, 1.82) is 0 Å². The van der Waals surface area contributed by atoms with Gasteiger partial charge in [-0.15, -0.1) is 0 Å². The van der Waals surface area contributed by atoms with Gasteiger partial charge in [-0.05, 0) is 54.8 Å². The predicted molar refractivity (Wildman–Crippen MR) is 123 cm³/mol. The van der Waals surface area contributed by atoms with Crippen LogP contribution in [0.2, 0.25) is 0 Å². The average Bonchev–Trinajstić information content (AvgIpc) is 2.83. The van der Waals surface area contributed by atoms with Gasteiger partial charge in [0, 0.05) is 23.5 Å². The molecule has 1 heterocycles. The number of alkyl halides is 1. The monoisotopic (exact) mass is 422 g/mol. The van der Waals surface area contributed by atoms with Crippen LogP contribution < -0.4 is 9.47 Å². The van der Waals surface area contributed by atoms with Gasteiger partial charge < -0.3 is 9.47 Å². The second-order valence-electron chi connectivity index (χ2n) is 7.57. The Morgan fingerprint density at radius 2 is 1.35 bits per heavy atom. The zero-order chi connectivity index (χ0) is 21.9. The Labute approximate surface area is 184 Å². The molecule has 164 valence electrons. The number of aromatic nitrogens is 2. The molecular weight excluding hydrogens is 391 g/mol. The van der Waals surface area contributed by atoms with Crippen molar-refractivity contribution in [3.8, 4) is 34.0 Å². The lowest BCUT2D eigenvalue weighted by atomic mass is 10.1. The molecule has 0 saturated heterocycles. The molecule has 4 nitrogen and oxygen atoms in total. The first-order chi connectivity index (χ1) is 15.2. The zero-order valence-corrected chi connectivity index (χ0v) is 18.4. The van der Waals surface area contributed by atoms with Gasteiger partial charge in [-0.3, -0.25) is 0 Å². The van der Waals surface area contributed by atoms with Crippen LogP contribution in [0.1, 0.15) is 46.0 Å². The smallest absolute Gasteiger partial charge is 0.159 e. The van der Waals surface area contributed by atoms with E-state index < -0.39 is 6.17 Å². The maximum Gasteiger partial charge on any atom is 0.159 e. The van der Waals surface area contributed by atoms with Gasteiger partial charge in [-0.25, -0.2) is 14.4 Å². The van der Waals surface area contributed by atoms with Gasteiger partial charge in [-0.1, -0.05) is 45.2 Å². The highest BCUT2D eigenvalue weighted by Gasteiger charge is 2.06. The topological polar surface area (TPSA) is 44.2 Å². The van der Waals surface area contributed by atoms with Crippen LogP contribution in [-0.2, 0) is 0 Å². The first-order valence-electron chi connectivity index (χ1n) is 11.1. The third-order valence-corrected chi connectivity index (χ3v) is 5.09. The molecule has 1 aromatic heterocycles. The molecule has 0 aliphatic carbocycles. The molecular formula is C26H31FN2O2. The summed E-state index contributed by atoms with van der Waals surface area (Å²) in [5.41, 5.74) is 2.85. The Hall–Kier alpha value is -2.95. The number of nitrogens with zero attached hydrogens (tertiary/aromatic N) is 2. The van der Waals surface area contributed by atoms with E-state index in [1.54, 1.807) is 6.92 Å². The summed E-state index contributed by atoms with van der Waals surface area (Å²) in [5.74, 6) is 2.20. The van der Waals surface area contributed by atoms with Gasteiger partial charge in [0.2, 0.25) is 0 Å². The van der Waals surface area contributed by atoms with Crippen LogP contribution in [0.5, 0.6) is 11.5 Å². The lowest BCUT2D eigenvalue weighted by Crippen LogP contribution is -2.11. The lowest BCUT2D eigenvalue weighted by Gasteiger charge is -2.09.